The number of aliphatic carboxylic acids is 1. The average Bonchev–Trinajstić information content (AvgIpc) is 3.06. The van der Waals surface area contributed by atoms with Crippen molar-refractivity contribution < 1.29 is 37.4 Å². The van der Waals surface area contributed by atoms with Crippen molar-refractivity contribution in [1.29, 1.82) is 0 Å². The highest BCUT2D eigenvalue weighted by Gasteiger charge is 2.30. The van der Waals surface area contributed by atoms with E-state index in [0.717, 1.165) is 16.0 Å². The van der Waals surface area contributed by atoms with Crippen molar-refractivity contribution in [3.8, 4) is 5.75 Å². The number of carbonyl (C=O) groups excluding carboxylic acids is 2. The summed E-state index contributed by atoms with van der Waals surface area (Å²) in [5.74, 6) is -1.21. The first-order valence-electron chi connectivity index (χ1n) is 16.2. The molecule has 5 N–H and O–H groups in total. The molecule has 18 heteroatoms. The quantitative estimate of drug-likeness (QED) is 0.0513. The van der Waals surface area contributed by atoms with Crippen molar-refractivity contribution in [3.05, 3.63) is 82.3 Å². The summed E-state index contributed by atoms with van der Waals surface area (Å²) in [7, 11) is -2.43. The van der Waals surface area contributed by atoms with Crippen LogP contribution in [0.4, 0.5) is 4.79 Å². The molecule has 0 aliphatic carbocycles. The number of rotatable bonds is 17. The summed E-state index contributed by atoms with van der Waals surface area (Å²) in [5, 5.41) is 13.0. The van der Waals surface area contributed by atoms with Crippen molar-refractivity contribution in [2.24, 2.45) is 10.7 Å². The third kappa shape index (κ3) is 13.6. The molecule has 0 aliphatic heterocycles. The smallest absolute Gasteiger partial charge is 0.407 e. The molecule has 16 nitrogen and oxygen atoms in total. The molecule has 3 aromatic rings. The molecule has 2 amide bonds. The van der Waals surface area contributed by atoms with Crippen LogP contribution in [-0.4, -0.2) is 90.3 Å². The largest absolute Gasteiger partial charge is 0.497 e. The molecule has 0 aliphatic rings. The maximum atomic E-state index is 13.8. The number of carbonyl (C=O) groups is 3. The van der Waals surface area contributed by atoms with Crippen LogP contribution in [-0.2, 0) is 36.6 Å². The number of thioether (sulfide) groups is 1. The predicted octanol–water partition coefficient (Wildman–Crippen LogP) is 2.73. The van der Waals surface area contributed by atoms with Gasteiger partial charge >= 0.3 is 12.1 Å². The van der Waals surface area contributed by atoms with Gasteiger partial charge < -0.3 is 35.1 Å². The molecule has 0 bridgehead atoms. The zero-order valence-electron chi connectivity index (χ0n) is 29.7. The molecule has 0 unspecified atom stereocenters. The van der Waals surface area contributed by atoms with Crippen LogP contribution < -0.4 is 26.1 Å². The first-order valence-corrected chi connectivity index (χ1v) is 18.7. The first-order chi connectivity index (χ1) is 24.5. The van der Waals surface area contributed by atoms with Gasteiger partial charge in [-0.2, -0.15) is 4.98 Å². The number of alkyl carbamates (subject to hydrolysis) is 1. The molecule has 52 heavy (non-hydrogen) atoms. The number of amides is 2. The van der Waals surface area contributed by atoms with E-state index in [9.17, 15) is 32.7 Å². The van der Waals surface area contributed by atoms with Crippen LogP contribution in [0.15, 0.2) is 80.6 Å². The van der Waals surface area contributed by atoms with Gasteiger partial charge in [-0.25, -0.2) is 22.7 Å². The third-order valence-corrected chi connectivity index (χ3v) is 9.60. The molecule has 282 valence electrons. The maximum absolute atomic E-state index is 13.8. The predicted molar refractivity (Wildman–Crippen MR) is 196 cm³/mol. The fraction of sp³-hybridized carbons (Fsp3) is 0.412. The minimum atomic E-state index is -3.99. The number of hydrogen-bond donors (Lipinski definition) is 4. The van der Waals surface area contributed by atoms with E-state index in [1.165, 1.54) is 40.7 Å². The van der Waals surface area contributed by atoms with Gasteiger partial charge in [0.1, 0.15) is 23.9 Å². The maximum Gasteiger partial charge on any atom is 0.407 e. The second kappa shape index (κ2) is 18.9. The van der Waals surface area contributed by atoms with E-state index in [1.807, 2.05) is 19.1 Å². The molecule has 1 atom stereocenters. The molecule has 0 saturated heterocycles. The number of guanidine groups is 1. The minimum absolute atomic E-state index is 0.00316. The van der Waals surface area contributed by atoms with Crippen molar-refractivity contribution in [1.82, 2.24) is 24.5 Å². The second-order valence-electron chi connectivity index (χ2n) is 12.5. The van der Waals surface area contributed by atoms with E-state index in [1.54, 1.807) is 52.1 Å². The van der Waals surface area contributed by atoms with Crippen LogP contribution in [0, 0.1) is 6.92 Å². The van der Waals surface area contributed by atoms with Crippen LogP contribution in [0.25, 0.3) is 0 Å². The van der Waals surface area contributed by atoms with Gasteiger partial charge in [-0.15, -0.1) is 0 Å². The fourth-order valence-electron chi connectivity index (χ4n) is 4.64. The lowest BCUT2D eigenvalue weighted by molar-refractivity contribution is -0.150. The highest BCUT2D eigenvalue weighted by atomic mass is 32.2. The van der Waals surface area contributed by atoms with E-state index >= 15 is 0 Å². The number of hydrogen-bond acceptors (Lipinski definition) is 11. The molecule has 0 saturated carbocycles. The Balaban J connectivity index is 1.76. The number of nitrogens with two attached hydrogens (primary N) is 1. The van der Waals surface area contributed by atoms with Gasteiger partial charge in [0.2, 0.25) is 11.9 Å². The van der Waals surface area contributed by atoms with Gasteiger partial charge in [0.05, 0.1) is 12.0 Å². The zero-order valence-corrected chi connectivity index (χ0v) is 31.3. The summed E-state index contributed by atoms with van der Waals surface area (Å²) < 4.78 is 39.4. The summed E-state index contributed by atoms with van der Waals surface area (Å²) >= 11 is 1.22. The average molecular weight is 760 g/mol. The first kappa shape index (κ1) is 41.3. The SMILES string of the molecule is COc1ccc(CSc2nc(=O)ccn2CC(=O)N(CCNC(=O)OC(C)(C)C)[C@@H](CCCN=C(N)NS(=O)(=O)c2ccc(C)cc2)C(=O)O)cc1. The van der Waals surface area contributed by atoms with Crippen molar-refractivity contribution in [3.63, 3.8) is 0 Å². The number of aliphatic imine (C=N–C) groups is 1. The molecular weight excluding hydrogens is 715 g/mol. The Kier molecular flexibility index (Phi) is 15.0. The Morgan fingerprint density at radius 3 is 2.38 bits per heavy atom. The van der Waals surface area contributed by atoms with E-state index < -0.39 is 45.2 Å². The number of nitrogens with one attached hydrogen (secondary N) is 2. The van der Waals surface area contributed by atoms with Crippen LogP contribution in [0.5, 0.6) is 5.75 Å². The summed E-state index contributed by atoms with van der Waals surface area (Å²) in [5.41, 5.74) is 6.32. The van der Waals surface area contributed by atoms with Crippen LogP contribution in [0.2, 0.25) is 0 Å². The van der Waals surface area contributed by atoms with E-state index in [2.05, 4.69) is 20.0 Å². The molecule has 0 radical (unpaired) electrons. The molecule has 1 aromatic heterocycles. The Morgan fingerprint density at radius 1 is 1.10 bits per heavy atom. The Labute approximate surface area is 306 Å². The van der Waals surface area contributed by atoms with Gasteiger partial charge in [-0.05, 0) is 70.4 Å². The number of aromatic nitrogens is 2. The normalized spacial score (nSPS) is 12.4. The molecular formula is C34H45N7O9S2. The molecule has 2 aromatic carbocycles. The highest BCUT2D eigenvalue weighted by Crippen LogP contribution is 2.22. The highest BCUT2D eigenvalue weighted by molar-refractivity contribution is 7.98. The third-order valence-electron chi connectivity index (χ3n) is 7.17. The van der Waals surface area contributed by atoms with Gasteiger partial charge in [0, 0.05) is 37.7 Å². The molecule has 1 heterocycles. The van der Waals surface area contributed by atoms with E-state index in [4.69, 9.17) is 15.2 Å². The summed E-state index contributed by atoms with van der Waals surface area (Å²) in [6, 6.07) is 13.3. The van der Waals surface area contributed by atoms with Crippen LogP contribution in [0.1, 0.15) is 44.7 Å². The molecule has 3 rings (SSSR count). The lowest BCUT2D eigenvalue weighted by Crippen LogP contribution is -2.50. The number of methoxy groups -OCH3 is 1. The van der Waals surface area contributed by atoms with E-state index in [0.29, 0.717) is 11.5 Å². The zero-order chi connectivity index (χ0) is 38.5. The lowest BCUT2D eigenvalue weighted by Gasteiger charge is -2.30. The lowest BCUT2D eigenvalue weighted by atomic mass is 10.1. The summed E-state index contributed by atoms with van der Waals surface area (Å²) in [4.78, 5) is 60.1. The van der Waals surface area contributed by atoms with Crippen molar-refractivity contribution >= 4 is 45.7 Å². The van der Waals surface area contributed by atoms with Crippen LogP contribution >= 0.6 is 11.8 Å². The number of carboxylic acid groups (broad SMARTS) is 1. The number of sulfonamides is 1. The Hall–Kier alpha value is -5.10. The number of aryl methyl sites for hydroxylation is 1. The standard InChI is InChI=1S/C34H45N7O9S2/c1-23-8-14-26(15-9-23)52(47,48)39-31(35)36-17-6-7-27(30(44)45)41(20-18-37-33(46)50-34(2,3)4)29(43)21-40-19-16-28(42)38-32(40)51-22-24-10-12-25(49-5)13-11-24/h8-16,19,27H,6-7,17-18,20-22H2,1-5H3,(H,37,46)(H,44,45)(H3,35,36,39)/t27-/m0/s1. The molecule has 0 spiro atoms. The van der Waals surface area contributed by atoms with Gasteiger partial charge in [0.15, 0.2) is 5.16 Å². The Morgan fingerprint density at radius 2 is 1.77 bits per heavy atom. The van der Waals surface area contributed by atoms with Gasteiger partial charge in [0.25, 0.3) is 15.6 Å². The van der Waals surface area contributed by atoms with Crippen molar-refractivity contribution in [2.75, 3.05) is 26.7 Å². The van der Waals surface area contributed by atoms with Crippen LogP contribution in [0.3, 0.4) is 0 Å². The van der Waals surface area contributed by atoms with Gasteiger partial charge in [-0.1, -0.05) is 41.6 Å². The number of nitrogens with zero attached hydrogens (tertiary/aromatic N) is 4. The fourth-order valence-corrected chi connectivity index (χ4v) is 6.53. The number of carboxylic acids is 1. The summed E-state index contributed by atoms with van der Waals surface area (Å²) in [6.45, 7) is 6.15. The topological polar surface area (TPSA) is 225 Å². The number of benzene rings is 2. The van der Waals surface area contributed by atoms with Crippen molar-refractivity contribution in [2.45, 2.75) is 74.5 Å². The minimum Gasteiger partial charge on any atom is -0.497 e. The second-order valence-corrected chi connectivity index (χ2v) is 15.1. The Bertz CT molecular complexity index is 1880. The van der Waals surface area contributed by atoms with Gasteiger partial charge in [-0.3, -0.25) is 14.6 Å². The monoisotopic (exact) mass is 759 g/mol. The molecule has 0 fully saturated rings. The van der Waals surface area contributed by atoms with E-state index in [-0.39, 0.29) is 55.0 Å². The summed E-state index contributed by atoms with van der Waals surface area (Å²) in [6.07, 6.45) is 0.684. The number of ether oxygens (including phenoxy) is 2.